The molecular formula is C18H19N3O5. The van der Waals surface area contributed by atoms with Gasteiger partial charge in [0, 0.05) is 12.1 Å². The van der Waals surface area contributed by atoms with Crippen molar-refractivity contribution < 1.29 is 23.5 Å². The average Bonchev–Trinajstić information content (AvgIpc) is 3.25. The van der Waals surface area contributed by atoms with E-state index in [9.17, 15) is 14.4 Å². The van der Waals surface area contributed by atoms with Gasteiger partial charge in [0.15, 0.2) is 5.54 Å². The molecule has 1 aliphatic heterocycles. The Morgan fingerprint density at radius 2 is 2.04 bits per heavy atom. The number of carbonyl (C=O) groups excluding carboxylic acids is 3. The molecule has 1 fully saturated rings. The molecule has 26 heavy (non-hydrogen) atoms. The normalized spacial score (nSPS) is 19.4. The van der Waals surface area contributed by atoms with Crippen molar-refractivity contribution in [2.45, 2.75) is 19.0 Å². The first-order chi connectivity index (χ1) is 12.5. The SMILES string of the molecule is COc1ccccc1CNC(=O)CN1C(=O)N[C@](C)(c2ccco2)C1=O. The molecule has 2 N–H and O–H groups in total. The molecule has 0 radical (unpaired) electrons. The number of nitrogens with zero attached hydrogens (tertiary/aromatic N) is 1. The standard InChI is InChI=1S/C18H19N3O5/c1-18(14-8-5-9-26-14)16(23)21(17(24)20-18)11-15(22)19-10-12-6-3-4-7-13(12)25-2/h3-9H,10-11H2,1-2H3,(H,19,22)(H,20,24)/t18-/m1/s1. The number of hydrogen-bond donors (Lipinski definition) is 2. The Morgan fingerprint density at radius 3 is 2.73 bits per heavy atom. The highest BCUT2D eigenvalue weighted by Gasteiger charge is 2.51. The highest BCUT2D eigenvalue weighted by atomic mass is 16.5. The van der Waals surface area contributed by atoms with Crippen LogP contribution < -0.4 is 15.4 Å². The first kappa shape index (κ1) is 17.5. The predicted molar refractivity (Wildman–Crippen MR) is 91.1 cm³/mol. The number of urea groups is 1. The topological polar surface area (TPSA) is 101 Å². The van der Waals surface area contributed by atoms with Crippen LogP contribution in [0.15, 0.2) is 47.1 Å². The summed E-state index contributed by atoms with van der Waals surface area (Å²) in [4.78, 5) is 37.9. The largest absolute Gasteiger partial charge is 0.496 e. The van der Waals surface area contributed by atoms with E-state index in [2.05, 4.69) is 10.6 Å². The molecule has 0 aliphatic carbocycles. The Kier molecular flexibility index (Phi) is 4.66. The van der Waals surface area contributed by atoms with Crippen molar-refractivity contribution in [2.75, 3.05) is 13.7 Å². The summed E-state index contributed by atoms with van der Waals surface area (Å²) in [6.07, 6.45) is 1.42. The number of carbonyl (C=O) groups is 3. The molecule has 0 spiro atoms. The van der Waals surface area contributed by atoms with Gasteiger partial charge in [-0.25, -0.2) is 4.79 Å². The van der Waals surface area contributed by atoms with Crippen molar-refractivity contribution in [1.82, 2.24) is 15.5 Å². The molecule has 8 nitrogen and oxygen atoms in total. The molecule has 1 atom stereocenters. The van der Waals surface area contributed by atoms with Crippen LogP contribution in [0.5, 0.6) is 5.75 Å². The van der Waals surface area contributed by atoms with Crippen molar-refractivity contribution in [3.05, 3.63) is 54.0 Å². The summed E-state index contributed by atoms with van der Waals surface area (Å²) in [5, 5.41) is 5.26. The highest BCUT2D eigenvalue weighted by molar-refractivity contribution is 6.08. The number of imide groups is 1. The third-order valence-corrected chi connectivity index (χ3v) is 4.26. The van der Waals surface area contributed by atoms with Crippen LogP contribution in [0.4, 0.5) is 4.79 Å². The van der Waals surface area contributed by atoms with Gasteiger partial charge in [0.05, 0.1) is 13.4 Å². The lowest BCUT2D eigenvalue weighted by Crippen LogP contribution is -2.43. The van der Waals surface area contributed by atoms with Crippen LogP contribution >= 0.6 is 0 Å². The minimum atomic E-state index is -1.32. The monoisotopic (exact) mass is 357 g/mol. The summed E-state index contributed by atoms with van der Waals surface area (Å²) >= 11 is 0. The summed E-state index contributed by atoms with van der Waals surface area (Å²) in [5.74, 6) is -0.0334. The lowest BCUT2D eigenvalue weighted by molar-refractivity contribution is -0.135. The molecule has 0 unspecified atom stereocenters. The lowest BCUT2D eigenvalue weighted by atomic mass is 9.99. The quantitative estimate of drug-likeness (QED) is 0.761. The van der Waals surface area contributed by atoms with Crippen LogP contribution in [0.3, 0.4) is 0 Å². The van der Waals surface area contributed by atoms with Gasteiger partial charge in [-0.1, -0.05) is 18.2 Å². The minimum Gasteiger partial charge on any atom is -0.496 e. The number of rotatable bonds is 6. The molecule has 0 bridgehead atoms. The molecule has 1 aliphatic rings. The van der Waals surface area contributed by atoms with Crippen molar-refractivity contribution in [3.63, 3.8) is 0 Å². The van der Waals surface area contributed by atoms with Crippen LogP contribution in [0, 0.1) is 0 Å². The third-order valence-electron chi connectivity index (χ3n) is 4.26. The van der Waals surface area contributed by atoms with Crippen LogP contribution in [-0.2, 0) is 21.7 Å². The molecule has 136 valence electrons. The minimum absolute atomic E-state index is 0.224. The number of amides is 4. The van der Waals surface area contributed by atoms with Gasteiger partial charge >= 0.3 is 6.03 Å². The zero-order chi connectivity index (χ0) is 18.7. The molecule has 8 heteroatoms. The molecular weight excluding hydrogens is 338 g/mol. The van der Waals surface area contributed by atoms with Crippen molar-refractivity contribution in [1.29, 1.82) is 0 Å². The van der Waals surface area contributed by atoms with E-state index in [0.717, 1.165) is 10.5 Å². The fourth-order valence-electron chi connectivity index (χ4n) is 2.81. The molecule has 2 aromatic rings. The zero-order valence-corrected chi connectivity index (χ0v) is 14.4. The van der Waals surface area contributed by atoms with E-state index in [-0.39, 0.29) is 13.1 Å². The van der Waals surface area contributed by atoms with Gasteiger partial charge in [-0.2, -0.15) is 0 Å². The van der Waals surface area contributed by atoms with E-state index in [1.54, 1.807) is 32.2 Å². The fraction of sp³-hybridized carbons (Fsp3) is 0.278. The molecule has 1 aromatic heterocycles. The Morgan fingerprint density at radius 1 is 1.27 bits per heavy atom. The second-order valence-corrected chi connectivity index (χ2v) is 6.01. The summed E-state index contributed by atoms with van der Waals surface area (Å²) in [6, 6.07) is 9.85. The van der Waals surface area contributed by atoms with E-state index in [0.29, 0.717) is 11.5 Å². The van der Waals surface area contributed by atoms with Gasteiger partial charge in [0.2, 0.25) is 5.91 Å². The van der Waals surface area contributed by atoms with Gasteiger partial charge in [0.25, 0.3) is 5.91 Å². The average molecular weight is 357 g/mol. The number of furan rings is 1. The van der Waals surface area contributed by atoms with E-state index >= 15 is 0 Å². The number of benzene rings is 1. The van der Waals surface area contributed by atoms with Crippen LogP contribution in [-0.4, -0.2) is 36.4 Å². The van der Waals surface area contributed by atoms with E-state index < -0.39 is 23.4 Å². The number of para-hydroxylation sites is 1. The summed E-state index contributed by atoms with van der Waals surface area (Å²) in [7, 11) is 1.54. The summed E-state index contributed by atoms with van der Waals surface area (Å²) in [6.45, 7) is 1.39. The highest BCUT2D eigenvalue weighted by Crippen LogP contribution is 2.28. The van der Waals surface area contributed by atoms with Gasteiger partial charge in [0.1, 0.15) is 18.1 Å². The van der Waals surface area contributed by atoms with Crippen molar-refractivity contribution in [3.8, 4) is 5.75 Å². The van der Waals surface area contributed by atoms with Crippen LogP contribution in [0.1, 0.15) is 18.2 Å². The lowest BCUT2D eigenvalue weighted by Gasteiger charge is -2.18. The zero-order valence-electron chi connectivity index (χ0n) is 14.4. The van der Waals surface area contributed by atoms with Gasteiger partial charge in [-0.3, -0.25) is 14.5 Å². The molecule has 1 saturated heterocycles. The number of methoxy groups -OCH3 is 1. The van der Waals surface area contributed by atoms with Gasteiger partial charge in [-0.05, 0) is 25.1 Å². The van der Waals surface area contributed by atoms with Gasteiger partial charge < -0.3 is 19.8 Å². The maximum absolute atomic E-state index is 12.6. The Balaban J connectivity index is 1.64. The van der Waals surface area contributed by atoms with Crippen LogP contribution in [0.25, 0.3) is 0 Å². The van der Waals surface area contributed by atoms with E-state index in [4.69, 9.17) is 9.15 Å². The molecule has 4 amide bonds. The molecule has 3 rings (SSSR count). The Hall–Kier alpha value is -3.29. The third kappa shape index (κ3) is 3.13. The summed E-state index contributed by atoms with van der Waals surface area (Å²) in [5.41, 5.74) is -0.523. The first-order valence-electron chi connectivity index (χ1n) is 8.02. The van der Waals surface area contributed by atoms with Crippen LogP contribution in [0.2, 0.25) is 0 Å². The fourth-order valence-corrected chi connectivity index (χ4v) is 2.81. The maximum atomic E-state index is 12.6. The summed E-state index contributed by atoms with van der Waals surface area (Å²) < 4.78 is 10.5. The van der Waals surface area contributed by atoms with E-state index in [1.165, 1.54) is 6.26 Å². The second-order valence-electron chi connectivity index (χ2n) is 6.01. The van der Waals surface area contributed by atoms with E-state index in [1.807, 2.05) is 18.2 Å². The first-order valence-corrected chi connectivity index (χ1v) is 8.02. The number of nitrogens with one attached hydrogen (secondary N) is 2. The maximum Gasteiger partial charge on any atom is 0.325 e. The van der Waals surface area contributed by atoms with Crippen molar-refractivity contribution >= 4 is 17.8 Å². The second kappa shape index (κ2) is 6.91. The number of hydrogen-bond acceptors (Lipinski definition) is 5. The Bertz CT molecular complexity index is 833. The predicted octanol–water partition coefficient (Wildman–Crippen LogP) is 1.37. The van der Waals surface area contributed by atoms with Crippen molar-refractivity contribution in [2.24, 2.45) is 0 Å². The Labute approximate surface area is 150 Å². The van der Waals surface area contributed by atoms with Gasteiger partial charge in [-0.15, -0.1) is 0 Å². The smallest absolute Gasteiger partial charge is 0.325 e. The number of ether oxygens (including phenoxy) is 1. The molecule has 0 saturated carbocycles. The molecule has 2 heterocycles. The molecule has 1 aromatic carbocycles.